The molecule has 0 radical (unpaired) electrons. The third kappa shape index (κ3) is 6.19. The van der Waals surface area contributed by atoms with E-state index in [1.54, 1.807) is 6.20 Å². The summed E-state index contributed by atoms with van der Waals surface area (Å²) in [6.07, 6.45) is 9.97. The van der Waals surface area contributed by atoms with Gasteiger partial charge in [-0.2, -0.15) is 10.2 Å². The van der Waals surface area contributed by atoms with E-state index < -0.39 is 0 Å². The van der Waals surface area contributed by atoms with Crippen molar-refractivity contribution in [3.05, 3.63) is 46.6 Å². The van der Waals surface area contributed by atoms with Crippen molar-refractivity contribution in [1.29, 1.82) is 5.26 Å². The fourth-order valence-electron chi connectivity index (χ4n) is 8.92. The lowest BCUT2D eigenvalue weighted by atomic mass is 9.48. The molecule has 3 heterocycles. The SMILES string of the molecule is N#Cc1cnc(NCc2ccccc2Cl)nc1NC[C@]12CC3C[C@H](C1)[C@@H](NC1CCN(C(=O)N4CCOCC4)CC1)[C@@H](C3)C2. The molecule has 3 N–H and O–H groups in total. The summed E-state index contributed by atoms with van der Waals surface area (Å²) in [6.45, 7) is 5.72. The molecule has 2 aromatic rings. The number of piperidine rings is 1. The van der Waals surface area contributed by atoms with Gasteiger partial charge in [0.25, 0.3) is 0 Å². The molecule has 1 aromatic heterocycles. The van der Waals surface area contributed by atoms with Crippen molar-refractivity contribution in [2.24, 2.45) is 23.2 Å². The summed E-state index contributed by atoms with van der Waals surface area (Å²) >= 11 is 6.32. The lowest BCUT2D eigenvalue weighted by molar-refractivity contribution is -0.0733. The zero-order valence-electron chi connectivity index (χ0n) is 25.3. The number of carbonyl (C=O) groups is 1. The van der Waals surface area contributed by atoms with E-state index in [1.165, 1.54) is 32.1 Å². The molecule has 234 valence electrons. The number of anilines is 2. The minimum absolute atomic E-state index is 0.183. The van der Waals surface area contributed by atoms with Crippen LogP contribution in [0.4, 0.5) is 16.6 Å². The Morgan fingerprint density at radius 2 is 1.77 bits per heavy atom. The van der Waals surface area contributed by atoms with Crippen LogP contribution in [0.3, 0.4) is 0 Å². The number of hydrogen-bond donors (Lipinski definition) is 3. The highest BCUT2D eigenvalue weighted by atomic mass is 35.5. The Kier molecular flexibility index (Phi) is 8.54. The number of rotatable bonds is 8. The van der Waals surface area contributed by atoms with Gasteiger partial charge in [0, 0.05) is 56.4 Å². The first kappa shape index (κ1) is 29.6. The van der Waals surface area contributed by atoms with Crippen molar-refractivity contribution in [3.63, 3.8) is 0 Å². The van der Waals surface area contributed by atoms with Crippen LogP contribution in [-0.4, -0.2) is 83.8 Å². The number of carbonyl (C=O) groups excluding carboxylic acids is 1. The predicted molar refractivity (Wildman–Crippen MR) is 169 cm³/mol. The summed E-state index contributed by atoms with van der Waals surface area (Å²) in [6, 6.07) is 11.2. The van der Waals surface area contributed by atoms with E-state index in [0.717, 1.165) is 44.0 Å². The van der Waals surface area contributed by atoms with Gasteiger partial charge in [0.15, 0.2) is 0 Å². The van der Waals surface area contributed by atoms with Gasteiger partial charge in [0.2, 0.25) is 5.95 Å². The Labute approximate surface area is 264 Å². The van der Waals surface area contributed by atoms with Gasteiger partial charge < -0.3 is 30.5 Å². The van der Waals surface area contributed by atoms with Gasteiger partial charge in [0.1, 0.15) is 17.5 Å². The summed E-state index contributed by atoms with van der Waals surface area (Å²) in [7, 11) is 0. The Morgan fingerprint density at radius 3 is 2.50 bits per heavy atom. The number of amides is 2. The van der Waals surface area contributed by atoms with E-state index in [2.05, 4.69) is 27.0 Å². The lowest BCUT2D eigenvalue weighted by Gasteiger charge is -2.61. The fraction of sp³-hybridized carbons (Fsp3) is 0.636. The molecule has 2 amide bonds. The first-order valence-electron chi connectivity index (χ1n) is 16.3. The van der Waals surface area contributed by atoms with E-state index in [1.807, 2.05) is 34.1 Å². The summed E-state index contributed by atoms with van der Waals surface area (Å²) < 4.78 is 5.42. The molecule has 4 saturated carbocycles. The van der Waals surface area contributed by atoms with Crippen molar-refractivity contribution in [3.8, 4) is 6.07 Å². The number of nitrogens with one attached hydrogen (secondary N) is 3. The van der Waals surface area contributed by atoms with Crippen LogP contribution in [0.15, 0.2) is 30.5 Å². The number of aromatic nitrogens is 2. The molecule has 4 bridgehead atoms. The van der Waals surface area contributed by atoms with Gasteiger partial charge in [0.05, 0.1) is 19.4 Å². The first-order chi connectivity index (χ1) is 21.5. The Morgan fingerprint density at radius 1 is 1.05 bits per heavy atom. The quantitative estimate of drug-likeness (QED) is 0.389. The van der Waals surface area contributed by atoms with Crippen molar-refractivity contribution >= 4 is 29.4 Å². The average Bonchev–Trinajstić information content (AvgIpc) is 3.05. The van der Waals surface area contributed by atoms with Crippen molar-refractivity contribution in [2.45, 2.75) is 63.6 Å². The number of nitriles is 1. The van der Waals surface area contributed by atoms with Crippen LogP contribution in [0.5, 0.6) is 0 Å². The van der Waals surface area contributed by atoms with E-state index in [4.69, 9.17) is 21.3 Å². The third-order valence-corrected chi connectivity index (χ3v) is 11.2. The number of morpholine rings is 1. The summed E-state index contributed by atoms with van der Waals surface area (Å²) in [5, 5.41) is 21.5. The van der Waals surface area contributed by atoms with Gasteiger partial charge >= 0.3 is 6.03 Å². The molecule has 2 saturated heterocycles. The van der Waals surface area contributed by atoms with Crippen LogP contribution in [0.25, 0.3) is 0 Å². The van der Waals surface area contributed by atoms with Gasteiger partial charge in [-0.15, -0.1) is 0 Å². The van der Waals surface area contributed by atoms with Gasteiger partial charge in [-0.3, -0.25) is 0 Å². The second kappa shape index (κ2) is 12.7. The fourth-order valence-corrected chi connectivity index (χ4v) is 9.12. The highest BCUT2D eigenvalue weighted by Gasteiger charge is 2.55. The molecule has 8 rings (SSSR count). The van der Waals surface area contributed by atoms with Crippen LogP contribution in [0.2, 0.25) is 5.02 Å². The van der Waals surface area contributed by atoms with E-state index in [-0.39, 0.29) is 11.4 Å². The molecule has 6 fully saturated rings. The molecule has 1 unspecified atom stereocenters. The summed E-state index contributed by atoms with van der Waals surface area (Å²) in [5.74, 6) is 3.25. The zero-order valence-corrected chi connectivity index (χ0v) is 26.1. The molecule has 4 aliphatic carbocycles. The molecule has 5 atom stereocenters. The Balaban J connectivity index is 0.943. The maximum absolute atomic E-state index is 12.9. The maximum atomic E-state index is 12.9. The normalized spacial score (nSPS) is 29.8. The summed E-state index contributed by atoms with van der Waals surface area (Å²) in [5.41, 5.74) is 1.68. The standard InChI is InChI=1S/C33H43ClN8O2/c34-28-4-2-1-3-23(28)19-36-31-37-20-26(18-35)30(40-31)38-21-33-15-22-13-24(16-33)29(25(14-22)17-33)39-27-5-7-41(8-6-27)32(43)42-9-11-44-12-10-42/h1-4,20,22,24-25,27,29,39H,5-17,19,21H2,(H2,36,37,38,40)/t22?,24-,25+,29-,33-. The van der Waals surface area contributed by atoms with E-state index in [9.17, 15) is 10.1 Å². The van der Waals surface area contributed by atoms with E-state index >= 15 is 0 Å². The van der Waals surface area contributed by atoms with Crippen LogP contribution in [0.1, 0.15) is 56.1 Å². The van der Waals surface area contributed by atoms with E-state index in [0.29, 0.717) is 79.1 Å². The molecule has 2 aliphatic heterocycles. The second-order valence-electron chi connectivity index (χ2n) is 13.7. The third-order valence-electron chi connectivity index (χ3n) is 10.8. The smallest absolute Gasteiger partial charge is 0.320 e. The highest BCUT2D eigenvalue weighted by Crippen LogP contribution is 2.60. The molecule has 0 spiro atoms. The number of nitrogens with zero attached hydrogens (tertiary/aromatic N) is 5. The van der Waals surface area contributed by atoms with Gasteiger partial charge in [-0.25, -0.2) is 9.78 Å². The Bertz CT molecular complexity index is 1370. The highest BCUT2D eigenvalue weighted by molar-refractivity contribution is 6.31. The number of ether oxygens (including phenoxy) is 1. The van der Waals surface area contributed by atoms with Crippen LogP contribution in [0, 0.1) is 34.5 Å². The van der Waals surface area contributed by atoms with Crippen molar-refractivity contribution < 1.29 is 9.53 Å². The van der Waals surface area contributed by atoms with Gasteiger partial charge in [-0.05, 0) is 79.7 Å². The first-order valence-corrected chi connectivity index (χ1v) is 16.7. The minimum Gasteiger partial charge on any atom is -0.378 e. The molecule has 1 aromatic carbocycles. The molecule has 11 heteroatoms. The molecule has 44 heavy (non-hydrogen) atoms. The minimum atomic E-state index is 0.183. The van der Waals surface area contributed by atoms with Crippen LogP contribution in [-0.2, 0) is 11.3 Å². The largest absolute Gasteiger partial charge is 0.378 e. The second-order valence-corrected chi connectivity index (χ2v) is 14.1. The molecular weight excluding hydrogens is 576 g/mol. The molecular formula is C33H43ClN8O2. The number of benzene rings is 1. The monoisotopic (exact) mass is 618 g/mol. The number of likely N-dealkylation sites (tertiary alicyclic amines) is 1. The molecule has 6 aliphatic rings. The topological polar surface area (TPSA) is 118 Å². The number of urea groups is 1. The average molecular weight is 619 g/mol. The number of hydrogen-bond acceptors (Lipinski definition) is 8. The van der Waals surface area contributed by atoms with Crippen LogP contribution >= 0.6 is 11.6 Å². The predicted octanol–water partition coefficient (Wildman–Crippen LogP) is 4.73. The summed E-state index contributed by atoms with van der Waals surface area (Å²) in [4.78, 5) is 26.0. The van der Waals surface area contributed by atoms with Crippen molar-refractivity contribution in [1.82, 2.24) is 25.1 Å². The lowest BCUT2D eigenvalue weighted by Crippen LogP contribution is -2.62. The van der Waals surface area contributed by atoms with Crippen LogP contribution < -0.4 is 16.0 Å². The molecule has 10 nitrogen and oxygen atoms in total. The van der Waals surface area contributed by atoms with Crippen molar-refractivity contribution in [2.75, 3.05) is 56.6 Å². The zero-order chi connectivity index (χ0) is 30.1. The Hall–Kier alpha value is -3.13. The van der Waals surface area contributed by atoms with Gasteiger partial charge in [-0.1, -0.05) is 29.8 Å². The maximum Gasteiger partial charge on any atom is 0.320 e. The number of halogens is 1.